The molecule has 7 nitrogen and oxygen atoms in total. The predicted molar refractivity (Wildman–Crippen MR) is 107 cm³/mol. The van der Waals surface area contributed by atoms with E-state index in [2.05, 4.69) is 10.3 Å². The largest absolute Gasteiger partial charge is 0.486 e. The fourth-order valence-corrected chi connectivity index (χ4v) is 3.53. The molecular weight excluding hydrogens is 413 g/mol. The third-order valence-corrected chi connectivity index (χ3v) is 5.23. The Morgan fingerprint density at radius 1 is 1.10 bits per heavy atom. The van der Waals surface area contributed by atoms with Crippen LogP contribution in [-0.4, -0.2) is 67.8 Å². The molecule has 1 unspecified atom stereocenters. The molecule has 1 atom stereocenters. The lowest BCUT2D eigenvalue weighted by Gasteiger charge is -2.35. The number of anilines is 1. The molecule has 2 aliphatic heterocycles. The molecule has 166 valence electrons. The van der Waals surface area contributed by atoms with Gasteiger partial charge in [0, 0.05) is 32.4 Å². The van der Waals surface area contributed by atoms with Gasteiger partial charge in [0.25, 0.3) is 0 Å². The molecule has 0 spiro atoms. The highest BCUT2D eigenvalue weighted by Crippen LogP contribution is 2.31. The Labute approximate surface area is 177 Å². The molecule has 1 aromatic carbocycles. The van der Waals surface area contributed by atoms with Crippen molar-refractivity contribution in [3.63, 3.8) is 0 Å². The number of para-hydroxylation sites is 2. The maximum absolute atomic E-state index is 12.7. The predicted octanol–water partition coefficient (Wildman–Crippen LogP) is 2.18. The third-order valence-electron chi connectivity index (χ3n) is 5.23. The minimum Gasteiger partial charge on any atom is -0.486 e. The molecule has 1 aromatic heterocycles. The monoisotopic (exact) mass is 436 g/mol. The smallest absolute Gasteiger partial charge is 0.417 e. The summed E-state index contributed by atoms with van der Waals surface area (Å²) in [5, 5.41) is 2.88. The van der Waals surface area contributed by atoms with Crippen LogP contribution in [0.5, 0.6) is 11.5 Å². The molecule has 0 bridgehead atoms. The Morgan fingerprint density at radius 3 is 2.52 bits per heavy atom. The lowest BCUT2D eigenvalue weighted by Crippen LogP contribution is -2.50. The zero-order valence-electron chi connectivity index (χ0n) is 16.8. The van der Waals surface area contributed by atoms with Crippen LogP contribution in [0.1, 0.15) is 5.56 Å². The molecule has 1 fully saturated rings. The van der Waals surface area contributed by atoms with Crippen molar-refractivity contribution in [2.75, 3.05) is 50.8 Å². The Morgan fingerprint density at radius 2 is 1.84 bits per heavy atom. The summed E-state index contributed by atoms with van der Waals surface area (Å²) in [6, 6.07) is 9.83. The molecule has 1 saturated heterocycles. The van der Waals surface area contributed by atoms with Gasteiger partial charge in [-0.05, 0) is 24.3 Å². The van der Waals surface area contributed by atoms with Crippen molar-refractivity contribution in [1.29, 1.82) is 0 Å². The van der Waals surface area contributed by atoms with Crippen LogP contribution in [0.25, 0.3) is 0 Å². The maximum Gasteiger partial charge on any atom is 0.417 e. The van der Waals surface area contributed by atoms with Crippen LogP contribution in [-0.2, 0) is 11.0 Å². The summed E-state index contributed by atoms with van der Waals surface area (Å²) >= 11 is 0. The highest BCUT2D eigenvalue weighted by Gasteiger charge is 2.31. The Balaban J connectivity index is 1.19. The summed E-state index contributed by atoms with van der Waals surface area (Å²) in [6.07, 6.45) is -3.79. The summed E-state index contributed by atoms with van der Waals surface area (Å²) < 4.78 is 49.5. The van der Waals surface area contributed by atoms with Crippen LogP contribution < -0.4 is 19.7 Å². The molecule has 2 aliphatic rings. The van der Waals surface area contributed by atoms with Crippen molar-refractivity contribution < 1.29 is 27.4 Å². The number of hydrogen-bond acceptors (Lipinski definition) is 6. The lowest BCUT2D eigenvalue weighted by atomic mass is 10.2. The van der Waals surface area contributed by atoms with Crippen molar-refractivity contribution in [3.8, 4) is 11.5 Å². The maximum atomic E-state index is 12.7. The Kier molecular flexibility index (Phi) is 6.17. The van der Waals surface area contributed by atoms with Crippen molar-refractivity contribution in [2.24, 2.45) is 0 Å². The number of piperazine rings is 1. The molecule has 31 heavy (non-hydrogen) atoms. The second kappa shape index (κ2) is 9.01. The van der Waals surface area contributed by atoms with Gasteiger partial charge < -0.3 is 19.7 Å². The van der Waals surface area contributed by atoms with Crippen LogP contribution in [0.3, 0.4) is 0 Å². The Hall–Kier alpha value is -3.01. The first-order valence-corrected chi connectivity index (χ1v) is 10.0. The highest BCUT2D eigenvalue weighted by atomic mass is 19.4. The van der Waals surface area contributed by atoms with Gasteiger partial charge in [0.05, 0.1) is 18.7 Å². The van der Waals surface area contributed by atoms with E-state index in [-0.39, 0.29) is 18.6 Å². The number of nitrogens with zero attached hydrogens (tertiary/aromatic N) is 3. The van der Waals surface area contributed by atoms with Crippen molar-refractivity contribution in [2.45, 2.75) is 12.3 Å². The van der Waals surface area contributed by atoms with Crippen LogP contribution >= 0.6 is 0 Å². The van der Waals surface area contributed by atoms with E-state index in [4.69, 9.17) is 9.47 Å². The number of benzene rings is 1. The van der Waals surface area contributed by atoms with E-state index in [9.17, 15) is 18.0 Å². The SMILES string of the molecule is O=C(CN1CCN(c2ccc(C(F)(F)F)cn2)CC1)NCC1COc2ccccc2O1. The van der Waals surface area contributed by atoms with Crippen LogP contribution in [0.2, 0.25) is 0 Å². The summed E-state index contributed by atoms with van der Waals surface area (Å²) in [4.78, 5) is 20.2. The normalized spacial score (nSPS) is 19.2. The number of hydrogen-bond donors (Lipinski definition) is 1. The molecule has 2 aromatic rings. The van der Waals surface area contributed by atoms with E-state index < -0.39 is 11.7 Å². The first-order valence-electron chi connectivity index (χ1n) is 10.0. The highest BCUT2D eigenvalue weighted by molar-refractivity contribution is 5.78. The second-order valence-corrected chi connectivity index (χ2v) is 7.47. The average Bonchev–Trinajstić information content (AvgIpc) is 2.77. The van der Waals surface area contributed by atoms with Crippen molar-refractivity contribution in [1.82, 2.24) is 15.2 Å². The van der Waals surface area contributed by atoms with E-state index >= 15 is 0 Å². The third kappa shape index (κ3) is 5.38. The van der Waals surface area contributed by atoms with Gasteiger partial charge in [0.15, 0.2) is 11.5 Å². The minimum atomic E-state index is -4.39. The molecule has 10 heteroatoms. The van der Waals surface area contributed by atoms with E-state index in [1.54, 1.807) is 0 Å². The number of halogens is 3. The van der Waals surface area contributed by atoms with Crippen LogP contribution in [0, 0.1) is 0 Å². The van der Waals surface area contributed by atoms with Crippen molar-refractivity contribution in [3.05, 3.63) is 48.2 Å². The zero-order chi connectivity index (χ0) is 21.8. The lowest BCUT2D eigenvalue weighted by molar-refractivity contribution is -0.137. The number of carbonyl (C=O) groups is 1. The van der Waals surface area contributed by atoms with E-state index in [1.165, 1.54) is 6.07 Å². The Bertz CT molecular complexity index is 899. The van der Waals surface area contributed by atoms with E-state index in [1.807, 2.05) is 34.1 Å². The van der Waals surface area contributed by atoms with Crippen molar-refractivity contribution >= 4 is 11.7 Å². The number of fused-ring (bicyclic) bond motifs is 1. The summed E-state index contributed by atoms with van der Waals surface area (Å²) in [5.74, 6) is 1.77. The molecular formula is C21H23F3N4O3. The van der Waals surface area contributed by atoms with Gasteiger partial charge in [-0.1, -0.05) is 12.1 Å². The van der Waals surface area contributed by atoms with Gasteiger partial charge in [0.1, 0.15) is 18.5 Å². The molecule has 0 aliphatic carbocycles. The molecule has 1 amide bonds. The van der Waals surface area contributed by atoms with Gasteiger partial charge in [-0.25, -0.2) is 4.98 Å². The molecule has 1 N–H and O–H groups in total. The summed E-state index contributed by atoms with van der Waals surface area (Å²) in [7, 11) is 0. The van der Waals surface area contributed by atoms with Gasteiger partial charge >= 0.3 is 6.18 Å². The minimum absolute atomic E-state index is 0.108. The molecule has 3 heterocycles. The first-order chi connectivity index (χ1) is 14.9. The quantitative estimate of drug-likeness (QED) is 0.775. The molecule has 4 rings (SSSR count). The average molecular weight is 436 g/mol. The number of carbonyl (C=O) groups excluding carboxylic acids is 1. The van der Waals surface area contributed by atoms with Crippen LogP contribution in [0.15, 0.2) is 42.6 Å². The van der Waals surface area contributed by atoms with Gasteiger partial charge in [-0.2, -0.15) is 13.2 Å². The second-order valence-electron chi connectivity index (χ2n) is 7.47. The number of nitrogens with one attached hydrogen (secondary N) is 1. The fourth-order valence-electron chi connectivity index (χ4n) is 3.53. The molecule has 0 saturated carbocycles. The number of aromatic nitrogens is 1. The topological polar surface area (TPSA) is 66.9 Å². The van der Waals surface area contributed by atoms with E-state index in [0.29, 0.717) is 56.6 Å². The zero-order valence-corrected chi connectivity index (χ0v) is 16.8. The number of rotatable bonds is 5. The number of amides is 1. The van der Waals surface area contributed by atoms with E-state index in [0.717, 1.165) is 12.3 Å². The summed E-state index contributed by atoms with van der Waals surface area (Å²) in [5.41, 5.74) is -0.762. The first kappa shape index (κ1) is 21.2. The summed E-state index contributed by atoms with van der Waals surface area (Å²) in [6.45, 7) is 3.38. The van der Waals surface area contributed by atoms with Gasteiger partial charge in [0.2, 0.25) is 5.91 Å². The van der Waals surface area contributed by atoms with Crippen LogP contribution in [0.4, 0.5) is 19.0 Å². The van der Waals surface area contributed by atoms with Gasteiger partial charge in [-0.15, -0.1) is 0 Å². The number of alkyl halides is 3. The fraction of sp³-hybridized carbons (Fsp3) is 0.429. The number of ether oxygens (including phenoxy) is 2. The van der Waals surface area contributed by atoms with Gasteiger partial charge in [-0.3, -0.25) is 9.69 Å². The molecule has 0 radical (unpaired) electrons. The number of pyridine rings is 1. The standard InChI is InChI=1S/C21H23F3N4O3/c22-21(23,24)15-5-6-19(25-11-15)28-9-7-27(8-10-28)13-20(29)26-12-16-14-30-17-3-1-2-4-18(17)31-16/h1-6,11,16H,7-10,12-14H2,(H,26,29).